The first-order valence-electron chi connectivity index (χ1n) is 10.5. The predicted octanol–water partition coefficient (Wildman–Crippen LogP) is 4.64. The summed E-state index contributed by atoms with van der Waals surface area (Å²) in [7, 11) is 0. The molecule has 3 aromatic rings. The molecule has 1 aliphatic rings. The minimum atomic E-state index is -0.979. The smallest absolute Gasteiger partial charge is 0.260 e. The van der Waals surface area contributed by atoms with E-state index in [1.54, 1.807) is 42.5 Å². The largest absolute Gasteiger partial charge is 0.400 e. The molecule has 3 aromatic carbocycles. The fraction of sp³-hybridized carbons (Fsp3) is 0.0769. The maximum atomic E-state index is 14.1. The van der Waals surface area contributed by atoms with E-state index >= 15 is 0 Å². The molecule has 4 rings (SSSR count). The van der Waals surface area contributed by atoms with Gasteiger partial charge in [-0.15, -0.1) is 0 Å². The SMILES string of the molecule is Cc1ccc(N=C2S[C@@H](C(=O)Nc3ccccc3C#N)C(N)=C2C(=O)Nc2ccccc2F)cc1. The van der Waals surface area contributed by atoms with Gasteiger partial charge in [-0.05, 0) is 43.3 Å². The Kier molecular flexibility index (Phi) is 6.94. The first kappa shape index (κ1) is 23.7. The van der Waals surface area contributed by atoms with Gasteiger partial charge in [0.05, 0.1) is 28.2 Å². The molecule has 2 amide bonds. The molecule has 9 heteroatoms. The van der Waals surface area contributed by atoms with Crippen LogP contribution < -0.4 is 16.4 Å². The number of carbonyl (C=O) groups excluding carboxylic acids is 2. The standard InChI is InChI=1S/C26H20FN5O2S/c1-15-10-12-17(13-11-15)30-26-21(24(33)32-20-9-5-3-7-18(20)27)22(29)23(35-26)25(34)31-19-8-4-2-6-16(19)14-28/h2-13,23H,29H2,1H3,(H,31,34)(H,32,33)/t23-/m1/s1. The Labute approximate surface area is 205 Å². The highest BCUT2D eigenvalue weighted by Gasteiger charge is 2.38. The van der Waals surface area contributed by atoms with Gasteiger partial charge in [-0.3, -0.25) is 9.59 Å². The van der Waals surface area contributed by atoms with E-state index in [4.69, 9.17) is 5.73 Å². The number of hydrogen-bond acceptors (Lipinski definition) is 6. The number of nitrogens with one attached hydrogen (secondary N) is 2. The van der Waals surface area contributed by atoms with E-state index in [1.165, 1.54) is 18.2 Å². The molecular formula is C26H20FN5O2S. The first-order chi connectivity index (χ1) is 16.9. The Bertz CT molecular complexity index is 1410. The first-order valence-corrected chi connectivity index (χ1v) is 11.4. The third-order valence-corrected chi connectivity index (χ3v) is 6.39. The third kappa shape index (κ3) is 5.23. The van der Waals surface area contributed by atoms with Crippen LogP contribution in [-0.2, 0) is 9.59 Å². The minimum absolute atomic E-state index is 0.00690. The minimum Gasteiger partial charge on any atom is -0.400 e. The number of rotatable bonds is 5. The number of nitriles is 1. The van der Waals surface area contributed by atoms with Gasteiger partial charge in [0.25, 0.3) is 5.91 Å². The topological polar surface area (TPSA) is 120 Å². The zero-order chi connectivity index (χ0) is 24.9. The zero-order valence-electron chi connectivity index (χ0n) is 18.6. The van der Waals surface area contributed by atoms with Crippen LogP contribution in [0.5, 0.6) is 0 Å². The highest BCUT2D eigenvalue weighted by molar-refractivity contribution is 8.16. The van der Waals surface area contributed by atoms with Crippen molar-refractivity contribution in [2.45, 2.75) is 12.2 Å². The molecule has 1 heterocycles. The number of amides is 2. The lowest BCUT2D eigenvalue weighted by atomic mass is 10.1. The quantitative estimate of drug-likeness (QED) is 0.486. The fourth-order valence-corrected chi connectivity index (χ4v) is 4.49. The van der Waals surface area contributed by atoms with Crippen molar-refractivity contribution in [2.24, 2.45) is 10.7 Å². The summed E-state index contributed by atoms with van der Waals surface area (Å²) in [5, 5.41) is 13.8. The van der Waals surface area contributed by atoms with Crippen LogP contribution >= 0.6 is 11.8 Å². The average Bonchev–Trinajstić information content (AvgIpc) is 3.18. The summed E-state index contributed by atoms with van der Waals surface area (Å²) in [5.74, 6) is -1.80. The summed E-state index contributed by atoms with van der Waals surface area (Å²) >= 11 is 1.01. The number of thioether (sulfide) groups is 1. The highest BCUT2D eigenvalue weighted by atomic mass is 32.2. The number of benzene rings is 3. The van der Waals surface area contributed by atoms with E-state index in [1.807, 2.05) is 25.1 Å². The molecular weight excluding hydrogens is 465 g/mol. The van der Waals surface area contributed by atoms with Gasteiger partial charge in [-0.2, -0.15) is 5.26 Å². The summed E-state index contributed by atoms with van der Waals surface area (Å²) in [5.41, 5.74) is 8.49. The number of nitrogens with zero attached hydrogens (tertiary/aromatic N) is 2. The number of anilines is 2. The van der Waals surface area contributed by atoms with Crippen molar-refractivity contribution in [3.05, 3.63) is 101 Å². The van der Waals surface area contributed by atoms with Crippen molar-refractivity contribution >= 4 is 45.7 Å². The van der Waals surface area contributed by atoms with Crippen molar-refractivity contribution < 1.29 is 14.0 Å². The van der Waals surface area contributed by atoms with Crippen molar-refractivity contribution in [1.82, 2.24) is 0 Å². The van der Waals surface area contributed by atoms with Crippen LogP contribution in [0, 0.1) is 24.1 Å². The maximum absolute atomic E-state index is 14.1. The molecule has 0 saturated carbocycles. The molecule has 0 saturated heterocycles. The van der Waals surface area contributed by atoms with Gasteiger partial charge >= 0.3 is 0 Å². The third-order valence-electron chi connectivity index (χ3n) is 5.17. The Balaban J connectivity index is 1.69. The molecule has 0 bridgehead atoms. The Morgan fingerprint density at radius 2 is 1.66 bits per heavy atom. The Hall–Kier alpha value is -4.42. The van der Waals surface area contributed by atoms with Gasteiger partial charge in [0, 0.05) is 5.70 Å². The van der Waals surface area contributed by atoms with Gasteiger partial charge in [-0.1, -0.05) is 53.7 Å². The van der Waals surface area contributed by atoms with Gasteiger partial charge in [0.2, 0.25) is 5.91 Å². The number of carbonyl (C=O) groups is 2. The summed E-state index contributed by atoms with van der Waals surface area (Å²) < 4.78 is 14.1. The monoisotopic (exact) mass is 485 g/mol. The Morgan fingerprint density at radius 1 is 1.00 bits per heavy atom. The molecule has 4 N–H and O–H groups in total. The van der Waals surface area contributed by atoms with Gasteiger partial charge < -0.3 is 16.4 Å². The van der Waals surface area contributed by atoms with Crippen LogP contribution in [0.2, 0.25) is 0 Å². The van der Waals surface area contributed by atoms with E-state index in [0.29, 0.717) is 11.4 Å². The number of nitrogens with two attached hydrogens (primary N) is 1. The summed E-state index contributed by atoms with van der Waals surface area (Å²) in [6.07, 6.45) is 0. The lowest BCUT2D eigenvalue weighted by molar-refractivity contribution is -0.115. The molecule has 0 aliphatic carbocycles. The van der Waals surface area contributed by atoms with Crippen LogP contribution in [0.25, 0.3) is 0 Å². The zero-order valence-corrected chi connectivity index (χ0v) is 19.4. The van der Waals surface area contributed by atoms with E-state index in [0.717, 1.165) is 17.3 Å². The van der Waals surface area contributed by atoms with Crippen LogP contribution in [0.3, 0.4) is 0 Å². The summed E-state index contributed by atoms with van der Waals surface area (Å²) in [4.78, 5) is 30.8. The number of hydrogen-bond donors (Lipinski definition) is 3. The van der Waals surface area contributed by atoms with Crippen molar-refractivity contribution in [1.29, 1.82) is 5.26 Å². The molecule has 0 spiro atoms. The van der Waals surface area contributed by atoms with Crippen molar-refractivity contribution in [2.75, 3.05) is 10.6 Å². The van der Waals surface area contributed by atoms with Gasteiger partial charge in [0.1, 0.15) is 22.2 Å². The molecule has 174 valence electrons. The Morgan fingerprint density at radius 3 is 2.34 bits per heavy atom. The lowest BCUT2D eigenvalue weighted by Gasteiger charge is -2.12. The van der Waals surface area contributed by atoms with Crippen molar-refractivity contribution in [3.8, 4) is 6.07 Å². The second-order valence-electron chi connectivity index (χ2n) is 7.66. The fourth-order valence-electron chi connectivity index (χ4n) is 3.37. The van der Waals surface area contributed by atoms with Crippen LogP contribution in [0.1, 0.15) is 11.1 Å². The lowest BCUT2D eigenvalue weighted by Crippen LogP contribution is -2.29. The molecule has 0 unspecified atom stereocenters. The van der Waals surface area contributed by atoms with Gasteiger partial charge in [-0.25, -0.2) is 9.38 Å². The normalized spacial score (nSPS) is 16.1. The maximum Gasteiger partial charge on any atom is 0.260 e. The van der Waals surface area contributed by atoms with Crippen LogP contribution in [0.15, 0.2) is 89.1 Å². The number of para-hydroxylation sites is 2. The average molecular weight is 486 g/mol. The van der Waals surface area contributed by atoms with E-state index in [-0.39, 0.29) is 27.6 Å². The molecule has 35 heavy (non-hydrogen) atoms. The molecule has 1 aliphatic heterocycles. The second kappa shape index (κ2) is 10.2. The van der Waals surface area contributed by atoms with E-state index < -0.39 is 22.9 Å². The molecule has 7 nitrogen and oxygen atoms in total. The predicted molar refractivity (Wildman–Crippen MR) is 136 cm³/mol. The molecule has 0 aromatic heterocycles. The number of aryl methyl sites for hydroxylation is 1. The second-order valence-corrected chi connectivity index (χ2v) is 8.76. The molecule has 0 fully saturated rings. The van der Waals surface area contributed by atoms with E-state index in [2.05, 4.69) is 15.6 Å². The van der Waals surface area contributed by atoms with Crippen LogP contribution in [-0.4, -0.2) is 22.1 Å². The molecule has 1 atom stereocenters. The molecule has 0 radical (unpaired) electrons. The number of halogens is 1. The van der Waals surface area contributed by atoms with Crippen LogP contribution in [0.4, 0.5) is 21.5 Å². The van der Waals surface area contributed by atoms with Gasteiger partial charge in [0.15, 0.2) is 0 Å². The summed E-state index contributed by atoms with van der Waals surface area (Å²) in [6, 6.07) is 21.6. The van der Waals surface area contributed by atoms with Crippen molar-refractivity contribution in [3.63, 3.8) is 0 Å². The summed E-state index contributed by atoms with van der Waals surface area (Å²) in [6.45, 7) is 1.94. The number of aliphatic imine (C=N–C) groups is 1. The highest BCUT2D eigenvalue weighted by Crippen LogP contribution is 2.36. The van der Waals surface area contributed by atoms with E-state index in [9.17, 15) is 19.2 Å².